The van der Waals surface area contributed by atoms with E-state index in [2.05, 4.69) is 125 Å². The van der Waals surface area contributed by atoms with Gasteiger partial charge in [-0.2, -0.15) is 0 Å². The number of hydrogen-bond acceptors (Lipinski definition) is 1. The molecule has 2 nitrogen and oxygen atoms in total. The zero-order valence-electron chi connectivity index (χ0n) is 17.9. The zero-order chi connectivity index (χ0) is 21.5. The molecule has 0 radical (unpaired) electrons. The van der Waals surface area contributed by atoms with Gasteiger partial charge in [-0.1, -0.05) is 78.9 Å². The fraction of sp³-hybridized carbons (Fsp3) is 0. The van der Waals surface area contributed by atoms with Crippen LogP contribution < -0.4 is 21.3 Å². The van der Waals surface area contributed by atoms with E-state index in [0.29, 0.717) is 0 Å². The Morgan fingerprint density at radius 3 is 2.00 bits per heavy atom. The second kappa shape index (κ2) is 6.17. The van der Waals surface area contributed by atoms with E-state index >= 15 is 0 Å². The number of rotatable bonds is 1. The summed E-state index contributed by atoms with van der Waals surface area (Å²) in [5.41, 5.74) is 11.8. The maximum atomic E-state index is 2.49. The van der Waals surface area contributed by atoms with Gasteiger partial charge < -0.3 is 9.47 Å². The van der Waals surface area contributed by atoms with E-state index in [9.17, 15) is 0 Å². The van der Waals surface area contributed by atoms with Crippen molar-refractivity contribution in [3.63, 3.8) is 0 Å². The summed E-state index contributed by atoms with van der Waals surface area (Å²) in [5.74, 6) is 0. The molecule has 0 aliphatic carbocycles. The van der Waals surface area contributed by atoms with E-state index in [1.54, 1.807) is 0 Å². The van der Waals surface area contributed by atoms with Crippen LogP contribution in [0.4, 0.5) is 17.1 Å². The Kier molecular flexibility index (Phi) is 3.24. The fourth-order valence-electron chi connectivity index (χ4n) is 6.14. The Balaban J connectivity index is 1.61. The van der Waals surface area contributed by atoms with Crippen LogP contribution in [0.5, 0.6) is 0 Å². The van der Waals surface area contributed by atoms with Crippen molar-refractivity contribution in [2.75, 3.05) is 4.90 Å². The van der Waals surface area contributed by atoms with E-state index in [1.165, 1.54) is 60.9 Å². The third-order valence-electron chi connectivity index (χ3n) is 7.37. The average molecular weight is 418 g/mol. The first-order chi connectivity index (χ1) is 16.4. The highest BCUT2D eigenvalue weighted by atomic mass is 15.2. The molecule has 8 rings (SSSR count). The molecule has 0 N–H and O–H groups in total. The van der Waals surface area contributed by atoms with Gasteiger partial charge in [0, 0.05) is 33.5 Å². The molecule has 0 spiro atoms. The number of hydrogen-bond donors (Lipinski definition) is 0. The summed E-state index contributed by atoms with van der Waals surface area (Å²) in [5, 5.41) is 2.65. The molecule has 33 heavy (non-hydrogen) atoms. The average Bonchev–Trinajstić information content (AvgIpc) is 3.23. The largest absolute Gasteiger partial charge is 0.311 e. The van der Waals surface area contributed by atoms with Crippen molar-refractivity contribution in [2.45, 2.75) is 0 Å². The summed E-state index contributed by atoms with van der Waals surface area (Å²) in [6.07, 6.45) is 0. The first-order valence-corrected chi connectivity index (χ1v) is 11.5. The lowest BCUT2D eigenvalue weighted by atomic mass is 9.34. The number of benzene rings is 5. The van der Waals surface area contributed by atoms with Gasteiger partial charge in [0.1, 0.15) is 0 Å². The molecule has 5 aromatic carbocycles. The molecule has 3 heterocycles. The monoisotopic (exact) mass is 418 g/mol. The molecule has 2 aliphatic rings. The Labute approximate surface area is 192 Å². The fourth-order valence-corrected chi connectivity index (χ4v) is 6.14. The second-order valence-corrected chi connectivity index (χ2v) is 8.97. The van der Waals surface area contributed by atoms with Crippen molar-refractivity contribution >= 4 is 62.0 Å². The highest BCUT2D eigenvalue weighted by Crippen LogP contribution is 2.41. The van der Waals surface area contributed by atoms with E-state index in [1.807, 2.05) is 0 Å². The Morgan fingerprint density at radius 2 is 1.15 bits per heavy atom. The minimum Gasteiger partial charge on any atom is -0.311 e. The van der Waals surface area contributed by atoms with Crippen molar-refractivity contribution in [1.82, 2.24) is 4.57 Å². The summed E-state index contributed by atoms with van der Waals surface area (Å²) >= 11 is 0. The molecule has 6 aromatic rings. The number of nitrogens with zero attached hydrogens (tertiary/aromatic N) is 2. The quantitative estimate of drug-likeness (QED) is 0.324. The van der Waals surface area contributed by atoms with Gasteiger partial charge in [0.2, 0.25) is 0 Å². The van der Waals surface area contributed by atoms with Crippen molar-refractivity contribution < 1.29 is 0 Å². The number of fused-ring (bicyclic) bond motifs is 8. The van der Waals surface area contributed by atoms with Crippen molar-refractivity contribution in [3.8, 4) is 5.69 Å². The van der Waals surface area contributed by atoms with Crippen molar-refractivity contribution in [2.24, 2.45) is 0 Å². The van der Waals surface area contributed by atoms with Crippen molar-refractivity contribution in [3.05, 3.63) is 115 Å². The molecule has 2 aliphatic heterocycles. The minimum absolute atomic E-state index is 0.216. The Bertz CT molecular complexity index is 1730. The summed E-state index contributed by atoms with van der Waals surface area (Å²) in [4.78, 5) is 2.44. The van der Waals surface area contributed by atoms with E-state index in [4.69, 9.17) is 0 Å². The smallest absolute Gasteiger partial charge is 0.252 e. The van der Waals surface area contributed by atoms with E-state index < -0.39 is 0 Å². The van der Waals surface area contributed by atoms with Gasteiger partial charge in [-0.25, -0.2) is 0 Å². The second-order valence-electron chi connectivity index (χ2n) is 8.97. The molecule has 0 unspecified atom stereocenters. The topological polar surface area (TPSA) is 8.17 Å². The highest BCUT2D eigenvalue weighted by Gasteiger charge is 2.41. The first kappa shape index (κ1) is 17.3. The summed E-state index contributed by atoms with van der Waals surface area (Å²) in [6, 6.07) is 42.1. The molecule has 0 saturated heterocycles. The van der Waals surface area contributed by atoms with Gasteiger partial charge >= 0.3 is 0 Å². The van der Waals surface area contributed by atoms with Crippen LogP contribution in [0.2, 0.25) is 0 Å². The third-order valence-corrected chi connectivity index (χ3v) is 7.37. The van der Waals surface area contributed by atoms with Gasteiger partial charge in [-0.05, 0) is 52.8 Å². The van der Waals surface area contributed by atoms with Crippen molar-refractivity contribution in [1.29, 1.82) is 0 Å². The van der Waals surface area contributed by atoms with Gasteiger partial charge in [-0.3, -0.25) is 0 Å². The molecule has 3 heteroatoms. The van der Waals surface area contributed by atoms with Crippen LogP contribution in [-0.2, 0) is 0 Å². The molecule has 152 valence electrons. The molecule has 0 fully saturated rings. The molecule has 0 saturated carbocycles. The SMILES string of the molecule is c1ccc(N2c3ccccc3B3c4ccccc4-n4c5ccccc5c5ccc2c3c54)cc1. The lowest BCUT2D eigenvalue weighted by molar-refractivity contribution is 1.18. The lowest BCUT2D eigenvalue weighted by Crippen LogP contribution is -2.60. The Hall–Kier alpha value is -4.24. The predicted molar refractivity (Wildman–Crippen MR) is 140 cm³/mol. The van der Waals surface area contributed by atoms with Crippen LogP contribution in [0.25, 0.3) is 27.5 Å². The summed E-state index contributed by atoms with van der Waals surface area (Å²) in [6.45, 7) is 0.216. The molecule has 0 atom stereocenters. The van der Waals surface area contributed by atoms with E-state index in [-0.39, 0.29) is 6.71 Å². The van der Waals surface area contributed by atoms with Gasteiger partial charge in [0.15, 0.2) is 0 Å². The van der Waals surface area contributed by atoms with Crippen LogP contribution in [0, 0.1) is 0 Å². The maximum Gasteiger partial charge on any atom is 0.252 e. The molecule has 0 amide bonds. The Morgan fingerprint density at radius 1 is 0.485 bits per heavy atom. The number of para-hydroxylation sites is 4. The summed E-state index contributed by atoms with van der Waals surface area (Å²) < 4.78 is 2.49. The standard InChI is InChI=1S/C30H19BN2/c1-2-10-20(11-3-1)32-26-16-8-5-13-23(26)31-24-14-6-9-17-27(24)33-25-15-7-4-12-21(25)22-18-19-28(32)29(31)30(22)33/h1-19H. The van der Waals surface area contributed by atoms with Crippen LogP contribution in [0.15, 0.2) is 115 Å². The maximum absolute atomic E-state index is 2.49. The molecular weight excluding hydrogens is 399 g/mol. The molecule has 1 aromatic heterocycles. The van der Waals surface area contributed by atoms with Crippen LogP contribution in [0.3, 0.4) is 0 Å². The molecular formula is C30H19BN2. The van der Waals surface area contributed by atoms with Gasteiger partial charge in [-0.15, -0.1) is 0 Å². The zero-order valence-corrected chi connectivity index (χ0v) is 17.9. The normalized spacial score (nSPS) is 13.3. The van der Waals surface area contributed by atoms with E-state index in [0.717, 1.165) is 0 Å². The number of anilines is 3. The molecule has 0 bridgehead atoms. The lowest BCUT2D eigenvalue weighted by Gasteiger charge is -2.39. The number of aromatic nitrogens is 1. The van der Waals surface area contributed by atoms with Gasteiger partial charge in [0.25, 0.3) is 6.71 Å². The summed E-state index contributed by atoms with van der Waals surface area (Å²) in [7, 11) is 0. The third kappa shape index (κ3) is 2.10. The van der Waals surface area contributed by atoms with Crippen LogP contribution in [-0.4, -0.2) is 11.3 Å². The van der Waals surface area contributed by atoms with Crippen LogP contribution >= 0.6 is 0 Å². The predicted octanol–water partition coefficient (Wildman–Crippen LogP) is 5.40. The first-order valence-electron chi connectivity index (χ1n) is 11.5. The van der Waals surface area contributed by atoms with Gasteiger partial charge in [0.05, 0.1) is 11.0 Å². The van der Waals surface area contributed by atoms with Crippen LogP contribution in [0.1, 0.15) is 0 Å². The minimum atomic E-state index is 0.216. The highest BCUT2D eigenvalue weighted by molar-refractivity contribution is 7.00.